The lowest BCUT2D eigenvalue weighted by Crippen LogP contribution is -2.61. The first-order valence-corrected chi connectivity index (χ1v) is 5.21. The Morgan fingerprint density at radius 2 is 2.21 bits per heavy atom. The summed E-state index contributed by atoms with van der Waals surface area (Å²) >= 11 is 0. The molecule has 0 radical (unpaired) electrons. The Labute approximate surface area is 84.6 Å². The number of rotatable bonds is 1. The highest BCUT2D eigenvalue weighted by atomic mass is 16.5. The Kier molecular flexibility index (Phi) is 2.49. The highest BCUT2D eigenvalue weighted by Gasteiger charge is 2.38. The second kappa shape index (κ2) is 3.51. The van der Waals surface area contributed by atoms with E-state index in [0.29, 0.717) is 13.2 Å². The Bertz CT molecular complexity index is 236. The number of carbonyl (C=O) groups excluding carboxylic acids is 1. The van der Waals surface area contributed by atoms with Gasteiger partial charge in [0.25, 0.3) is 0 Å². The fourth-order valence-electron chi connectivity index (χ4n) is 1.95. The number of morpholine rings is 1. The van der Waals surface area contributed by atoms with Crippen molar-refractivity contribution in [2.75, 3.05) is 32.8 Å². The predicted octanol–water partition coefficient (Wildman–Crippen LogP) is -0.157. The van der Waals surface area contributed by atoms with E-state index in [4.69, 9.17) is 4.74 Å². The zero-order valence-electron chi connectivity index (χ0n) is 8.88. The molecule has 0 aromatic rings. The van der Waals surface area contributed by atoms with E-state index >= 15 is 0 Å². The van der Waals surface area contributed by atoms with Crippen molar-refractivity contribution >= 4 is 5.91 Å². The summed E-state index contributed by atoms with van der Waals surface area (Å²) in [5.41, 5.74) is -0.134. The number of amides is 1. The van der Waals surface area contributed by atoms with Crippen LogP contribution in [0.2, 0.25) is 0 Å². The number of nitrogens with one attached hydrogen (secondary N) is 1. The molecule has 0 aromatic heterocycles. The van der Waals surface area contributed by atoms with Gasteiger partial charge < -0.3 is 15.0 Å². The Hall–Kier alpha value is -0.610. The van der Waals surface area contributed by atoms with E-state index in [1.165, 1.54) is 0 Å². The second-order valence-electron chi connectivity index (χ2n) is 4.71. The average molecular weight is 198 g/mol. The van der Waals surface area contributed by atoms with Gasteiger partial charge in [-0.3, -0.25) is 4.79 Å². The van der Waals surface area contributed by atoms with Crippen LogP contribution >= 0.6 is 0 Å². The second-order valence-corrected chi connectivity index (χ2v) is 4.71. The van der Waals surface area contributed by atoms with Crippen LogP contribution in [0.1, 0.15) is 13.8 Å². The summed E-state index contributed by atoms with van der Waals surface area (Å²) in [7, 11) is 0. The highest BCUT2D eigenvalue weighted by Crippen LogP contribution is 2.22. The van der Waals surface area contributed by atoms with Crippen molar-refractivity contribution in [3.8, 4) is 0 Å². The molecule has 4 heteroatoms. The lowest BCUT2D eigenvalue weighted by atomic mass is 9.96. The van der Waals surface area contributed by atoms with Gasteiger partial charge >= 0.3 is 0 Å². The molecule has 2 aliphatic heterocycles. The van der Waals surface area contributed by atoms with Crippen LogP contribution in [0.25, 0.3) is 0 Å². The van der Waals surface area contributed by atoms with E-state index in [1.807, 2.05) is 4.90 Å². The highest BCUT2D eigenvalue weighted by molar-refractivity contribution is 5.81. The first-order chi connectivity index (χ1) is 6.61. The summed E-state index contributed by atoms with van der Waals surface area (Å²) in [6.07, 6.45) is 0. The zero-order valence-corrected chi connectivity index (χ0v) is 8.88. The molecule has 4 nitrogen and oxygen atoms in total. The van der Waals surface area contributed by atoms with E-state index < -0.39 is 0 Å². The third-order valence-corrected chi connectivity index (χ3v) is 3.04. The maximum atomic E-state index is 12.0. The molecule has 0 aromatic carbocycles. The molecular weight excluding hydrogens is 180 g/mol. The van der Waals surface area contributed by atoms with Crippen LogP contribution < -0.4 is 5.32 Å². The van der Waals surface area contributed by atoms with Gasteiger partial charge in [0.2, 0.25) is 5.91 Å². The molecule has 0 atom stereocenters. The summed E-state index contributed by atoms with van der Waals surface area (Å²) < 4.78 is 5.39. The monoisotopic (exact) mass is 198 g/mol. The fraction of sp³-hybridized carbons (Fsp3) is 0.900. The van der Waals surface area contributed by atoms with Crippen molar-refractivity contribution in [1.82, 2.24) is 10.2 Å². The maximum Gasteiger partial charge on any atom is 0.228 e. The smallest absolute Gasteiger partial charge is 0.228 e. The van der Waals surface area contributed by atoms with Gasteiger partial charge in [-0.25, -0.2) is 0 Å². The summed E-state index contributed by atoms with van der Waals surface area (Å²) in [6, 6.07) is 0. The van der Waals surface area contributed by atoms with Crippen molar-refractivity contribution in [3.05, 3.63) is 0 Å². The van der Waals surface area contributed by atoms with Crippen molar-refractivity contribution in [2.24, 2.45) is 5.92 Å². The molecule has 2 fully saturated rings. The first-order valence-electron chi connectivity index (χ1n) is 5.21. The summed E-state index contributed by atoms with van der Waals surface area (Å²) in [5.74, 6) is 0.490. The van der Waals surface area contributed by atoms with E-state index in [0.717, 1.165) is 19.6 Å². The van der Waals surface area contributed by atoms with Gasteiger partial charge in [-0.2, -0.15) is 0 Å². The molecule has 0 saturated carbocycles. The molecule has 2 heterocycles. The third-order valence-electron chi connectivity index (χ3n) is 3.04. The minimum atomic E-state index is -0.134. The molecule has 1 amide bonds. The lowest BCUT2D eigenvalue weighted by Gasteiger charge is -2.45. The van der Waals surface area contributed by atoms with Crippen LogP contribution in [0.3, 0.4) is 0 Å². The van der Waals surface area contributed by atoms with E-state index in [2.05, 4.69) is 19.2 Å². The van der Waals surface area contributed by atoms with E-state index in [1.54, 1.807) is 0 Å². The van der Waals surface area contributed by atoms with E-state index in [-0.39, 0.29) is 17.4 Å². The van der Waals surface area contributed by atoms with Crippen LogP contribution in [-0.2, 0) is 9.53 Å². The largest absolute Gasteiger partial charge is 0.377 e. The molecule has 2 saturated heterocycles. The van der Waals surface area contributed by atoms with Crippen molar-refractivity contribution in [3.63, 3.8) is 0 Å². The molecule has 0 unspecified atom stereocenters. The van der Waals surface area contributed by atoms with Crippen molar-refractivity contribution < 1.29 is 9.53 Å². The van der Waals surface area contributed by atoms with Gasteiger partial charge in [-0.15, -0.1) is 0 Å². The van der Waals surface area contributed by atoms with Crippen molar-refractivity contribution in [1.29, 1.82) is 0 Å². The van der Waals surface area contributed by atoms with Gasteiger partial charge in [0.15, 0.2) is 0 Å². The topological polar surface area (TPSA) is 41.6 Å². The van der Waals surface area contributed by atoms with Gasteiger partial charge in [0.1, 0.15) is 0 Å². The summed E-state index contributed by atoms with van der Waals surface area (Å²) in [6.45, 7) is 7.88. The summed E-state index contributed by atoms with van der Waals surface area (Å²) in [4.78, 5) is 14.0. The average Bonchev–Trinajstić information content (AvgIpc) is 1.99. The van der Waals surface area contributed by atoms with Crippen molar-refractivity contribution in [2.45, 2.75) is 19.4 Å². The SMILES string of the molecule is CC1(C)COCCN1C(=O)C1CNC1. The van der Waals surface area contributed by atoms with Crippen LogP contribution in [0.5, 0.6) is 0 Å². The molecular formula is C10H18N2O2. The quantitative estimate of drug-likeness (QED) is 0.637. The zero-order chi connectivity index (χ0) is 10.2. The maximum absolute atomic E-state index is 12.0. The Morgan fingerprint density at radius 3 is 2.71 bits per heavy atom. The summed E-state index contributed by atoms with van der Waals surface area (Å²) in [5, 5.41) is 3.13. The number of hydrogen-bond donors (Lipinski definition) is 1. The standard InChI is InChI=1S/C10H18N2O2/c1-10(2)7-14-4-3-12(10)9(13)8-5-11-6-8/h8,11H,3-7H2,1-2H3. The molecule has 1 N–H and O–H groups in total. The van der Waals surface area contributed by atoms with Crippen LogP contribution in [0, 0.1) is 5.92 Å². The number of ether oxygens (including phenoxy) is 1. The number of nitrogens with zero attached hydrogens (tertiary/aromatic N) is 1. The molecule has 80 valence electrons. The molecule has 0 spiro atoms. The number of carbonyl (C=O) groups is 1. The first kappa shape index (κ1) is 9.93. The molecule has 2 aliphatic rings. The minimum Gasteiger partial charge on any atom is -0.377 e. The van der Waals surface area contributed by atoms with Gasteiger partial charge in [0, 0.05) is 19.6 Å². The van der Waals surface area contributed by atoms with E-state index in [9.17, 15) is 4.79 Å². The predicted molar refractivity (Wildman–Crippen MR) is 53.0 cm³/mol. The minimum absolute atomic E-state index is 0.134. The van der Waals surface area contributed by atoms with Gasteiger partial charge in [-0.1, -0.05) is 0 Å². The fourth-order valence-corrected chi connectivity index (χ4v) is 1.95. The molecule has 2 rings (SSSR count). The third kappa shape index (κ3) is 1.64. The normalized spacial score (nSPS) is 27.1. The molecule has 14 heavy (non-hydrogen) atoms. The lowest BCUT2D eigenvalue weighted by molar-refractivity contribution is -0.152. The van der Waals surface area contributed by atoms with Gasteiger partial charge in [0.05, 0.1) is 24.7 Å². The van der Waals surface area contributed by atoms with Crippen LogP contribution in [0.15, 0.2) is 0 Å². The Morgan fingerprint density at radius 1 is 1.50 bits per heavy atom. The van der Waals surface area contributed by atoms with Gasteiger partial charge in [-0.05, 0) is 13.8 Å². The van der Waals surface area contributed by atoms with Crippen LogP contribution in [0.4, 0.5) is 0 Å². The number of hydrogen-bond acceptors (Lipinski definition) is 3. The molecule has 0 bridgehead atoms. The van der Waals surface area contributed by atoms with Crippen LogP contribution in [-0.4, -0.2) is 49.2 Å². The Balaban J connectivity index is 2.03. The molecule has 0 aliphatic carbocycles.